The van der Waals surface area contributed by atoms with Gasteiger partial charge in [0.1, 0.15) is 17.8 Å². The van der Waals surface area contributed by atoms with Crippen LogP contribution in [-0.2, 0) is 16.0 Å². The fourth-order valence-corrected chi connectivity index (χ4v) is 1.61. The van der Waals surface area contributed by atoms with Gasteiger partial charge in [0, 0.05) is 5.39 Å². The fraction of sp³-hybridized carbons (Fsp3) is 0.231. The molecule has 0 amide bonds. The molecular formula is C13H11NO3. The topological polar surface area (TPSA) is 63.2 Å². The third kappa shape index (κ3) is 2.45. The first-order valence-electron chi connectivity index (χ1n) is 5.31. The summed E-state index contributed by atoms with van der Waals surface area (Å²) in [7, 11) is 0. The molecule has 0 bridgehead atoms. The predicted octanol–water partition coefficient (Wildman–Crippen LogP) is 2.41. The third-order valence-electron chi connectivity index (χ3n) is 2.32. The highest BCUT2D eigenvalue weighted by molar-refractivity contribution is 5.81. The van der Waals surface area contributed by atoms with Crippen LogP contribution in [-0.4, -0.2) is 12.6 Å². The number of fused-ring (bicyclic) bond motifs is 1. The zero-order chi connectivity index (χ0) is 12.3. The molecular weight excluding hydrogens is 218 g/mol. The first-order valence-corrected chi connectivity index (χ1v) is 5.31. The molecule has 4 nitrogen and oxygen atoms in total. The quantitative estimate of drug-likeness (QED) is 0.758. The molecule has 0 unspecified atom stereocenters. The van der Waals surface area contributed by atoms with E-state index in [0.717, 1.165) is 5.39 Å². The first-order chi connectivity index (χ1) is 8.22. The Morgan fingerprint density at radius 1 is 1.47 bits per heavy atom. The second kappa shape index (κ2) is 4.71. The van der Waals surface area contributed by atoms with Crippen LogP contribution in [0.3, 0.4) is 0 Å². The van der Waals surface area contributed by atoms with E-state index in [2.05, 4.69) is 6.07 Å². The molecule has 0 fully saturated rings. The van der Waals surface area contributed by atoms with Gasteiger partial charge >= 0.3 is 5.97 Å². The predicted molar refractivity (Wildman–Crippen MR) is 61.3 cm³/mol. The summed E-state index contributed by atoms with van der Waals surface area (Å²) in [5.74, 6) is 0.237. The van der Waals surface area contributed by atoms with E-state index in [1.807, 2.05) is 0 Å². The molecule has 0 radical (unpaired) electrons. The fourth-order valence-electron chi connectivity index (χ4n) is 1.61. The average Bonchev–Trinajstić information content (AvgIpc) is 2.69. The molecule has 1 heterocycles. The van der Waals surface area contributed by atoms with Crippen molar-refractivity contribution < 1.29 is 13.9 Å². The van der Waals surface area contributed by atoms with Crippen LogP contribution in [0.15, 0.2) is 28.7 Å². The summed E-state index contributed by atoms with van der Waals surface area (Å²) in [6.45, 7) is 2.12. The smallest absolute Gasteiger partial charge is 0.313 e. The molecule has 2 aromatic rings. The number of nitriles is 1. The maximum Gasteiger partial charge on any atom is 0.313 e. The van der Waals surface area contributed by atoms with Crippen molar-refractivity contribution in [3.8, 4) is 6.07 Å². The van der Waals surface area contributed by atoms with Gasteiger partial charge in [-0.1, -0.05) is 0 Å². The lowest BCUT2D eigenvalue weighted by molar-refractivity contribution is -0.142. The number of benzene rings is 1. The Morgan fingerprint density at radius 3 is 3.00 bits per heavy atom. The Hall–Kier alpha value is -2.28. The van der Waals surface area contributed by atoms with Crippen molar-refractivity contribution in [3.63, 3.8) is 0 Å². The summed E-state index contributed by atoms with van der Waals surface area (Å²) < 4.78 is 10.3. The van der Waals surface area contributed by atoms with Crippen LogP contribution in [0.2, 0.25) is 0 Å². The van der Waals surface area contributed by atoms with E-state index in [1.165, 1.54) is 0 Å². The zero-order valence-electron chi connectivity index (χ0n) is 9.40. The zero-order valence-corrected chi connectivity index (χ0v) is 9.40. The van der Waals surface area contributed by atoms with Gasteiger partial charge in [0.05, 0.1) is 18.2 Å². The van der Waals surface area contributed by atoms with Crippen molar-refractivity contribution in [1.82, 2.24) is 0 Å². The minimum atomic E-state index is -0.313. The SMILES string of the molecule is CCOC(=O)Cc1cc2cc(C#N)ccc2o1. The van der Waals surface area contributed by atoms with E-state index in [-0.39, 0.29) is 12.4 Å². The van der Waals surface area contributed by atoms with E-state index in [9.17, 15) is 4.79 Å². The Labute approximate surface area is 98.4 Å². The number of carbonyl (C=O) groups excluding carboxylic acids is 1. The molecule has 86 valence electrons. The van der Waals surface area contributed by atoms with Crippen molar-refractivity contribution >= 4 is 16.9 Å². The Kier molecular flexibility index (Phi) is 3.10. The summed E-state index contributed by atoms with van der Waals surface area (Å²) in [6, 6.07) is 8.95. The summed E-state index contributed by atoms with van der Waals surface area (Å²) in [6.07, 6.45) is 0.115. The van der Waals surface area contributed by atoms with E-state index >= 15 is 0 Å². The third-order valence-corrected chi connectivity index (χ3v) is 2.32. The summed E-state index contributed by atoms with van der Waals surface area (Å²) in [5, 5.41) is 9.59. The second-order valence-corrected chi connectivity index (χ2v) is 3.56. The normalized spacial score (nSPS) is 10.1. The lowest BCUT2D eigenvalue weighted by Gasteiger charge is -1.97. The van der Waals surface area contributed by atoms with Gasteiger partial charge in [0.15, 0.2) is 0 Å². The molecule has 0 aliphatic carbocycles. The molecule has 0 N–H and O–H groups in total. The van der Waals surface area contributed by atoms with Gasteiger partial charge in [-0.3, -0.25) is 4.79 Å². The lowest BCUT2D eigenvalue weighted by atomic mass is 10.2. The van der Waals surface area contributed by atoms with Crippen molar-refractivity contribution in [1.29, 1.82) is 5.26 Å². The minimum Gasteiger partial charge on any atom is -0.466 e. The number of hydrogen-bond acceptors (Lipinski definition) is 4. The summed E-state index contributed by atoms with van der Waals surface area (Å²) in [5.41, 5.74) is 1.24. The van der Waals surface area contributed by atoms with Crippen LogP contribution >= 0.6 is 0 Å². The van der Waals surface area contributed by atoms with E-state index in [0.29, 0.717) is 23.5 Å². The molecule has 1 aromatic carbocycles. The molecule has 0 aliphatic rings. The largest absolute Gasteiger partial charge is 0.466 e. The number of hydrogen-bond donors (Lipinski definition) is 0. The number of nitrogens with zero attached hydrogens (tertiary/aromatic N) is 1. The van der Waals surface area contributed by atoms with Gasteiger partial charge < -0.3 is 9.15 Å². The van der Waals surface area contributed by atoms with Gasteiger partial charge in [-0.25, -0.2) is 0 Å². The Morgan fingerprint density at radius 2 is 2.29 bits per heavy atom. The molecule has 0 saturated heterocycles. The second-order valence-electron chi connectivity index (χ2n) is 3.56. The van der Waals surface area contributed by atoms with Crippen LogP contribution in [0.25, 0.3) is 11.0 Å². The van der Waals surface area contributed by atoms with E-state index in [4.69, 9.17) is 14.4 Å². The van der Waals surface area contributed by atoms with Gasteiger partial charge in [-0.05, 0) is 31.2 Å². The van der Waals surface area contributed by atoms with Crippen molar-refractivity contribution in [2.45, 2.75) is 13.3 Å². The first kappa shape index (κ1) is 11.2. The number of carbonyl (C=O) groups is 1. The van der Waals surface area contributed by atoms with E-state index < -0.39 is 0 Å². The lowest BCUT2D eigenvalue weighted by Crippen LogP contribution is -2.06. The van der Waals surface area contributed by atoms with Crippen molar-refractivity contribution in [3.05, 3.63) is 35.6 Å². The van der Waals surface area contributed by atoms with Crippen LogP contribution in [0.1, 0.15) is 18.2 Å². The van der Waals surface area contributed by atoms with Crippen molar-refractivity contribution in [2.24, 2.45) is 0 Å². The molecule has 17 heavy (non-hydrogen) atoms. The highest BCUT2D eigenvalue weighted by atomic mass is 16.5. The summed E-state index contributed by atoms with van der Waals surface area (Å²) in [4.78, 5) is 11.3. The Bertz CT molecular complexity index is 592. The molecule has 4 heteroatoms. The number of furan rings is 1. The summed E-state index contributed by atoms with van der Waals surface area (Å²) >= 11 is 0. The molecule has 0 saturated carbocycles. The standard InChI is InChI=1S/C13H11NO3/c1-2-16-13(15)7-11-6-10-5-9(8-14)3-4-12(10)17-11/h3-6H,2,7H2,1H3. The number of esters is 1. The molecule has 0 spiro atoms. The number of ether oxygens (including phenoxy) is 1. The average molecular weight is 229 g/mol. The van der Waals surface area contributed by atoms with Crippen LogP contribution < -0.4 is 0 Å². The highest BCUT2D eigenvalue weighted by Crippen LogP contribution is 2.21. The van der Waals surface area contributed by atoms with Gasteiger partial charge in [0.25, 0.3) is 0 Å². The van der Waals surface area contributed by atoms with Gasteiger partial charge in [0.2, 0.25) is 0 Å². The van der Waals surface area contributed by atoms with Gasteiger partial charge in [-0.15, -0.1) is 0 Å². The molecule has 0 aliphatic heterocycles. The van der Waals surface area contributed by atoms with Crippen LogP contribution in [0, 0.1) is 11.3 Å². The highest BCUT2D eigenvalue weighted by Gasteiger charge is 2.09. The monoisotopic (exact) mass is 229 g/mol. The maximum atomic E-state index is 11.3. The van der Waals surface area contributed by atoms with Crippen LogP contribution in [0.5, 0.6) is 0 Å². The van der Waals surface area contributed by atoms with Crippen LogP contribution in [0.4, 0.5) is 0 Å². The van der Waals surface area contributed by atoms with Gasteiger partial charge in [-0.2, -0.15) is 5.26 Å². The molecule has 1 aromatic heterocycles. The minimum absolute atomic E-state index is 0.115. The Balaban J connectivity index is 2.26. The maximum absolute atomic E-state index is 11.3. The van der Waals surface area contributed by atoms with E-state index in [1.54, 1.807) is 31.2 Å². The molecule has 2 rings (SSSR count). The molecule has 0 atom stereocenters. The van der Waals surface area contributed by atoms with Crippen molar-refractivity contribution in [2.75, 3.05) is 6.61 Å². The number of rotatable bonds is 3.